The Bertz CT molecular complexity index is 2130. The molecule has 0 saturated carbocycles. The first-order valence-corrected chi connectivity index (χ1v) is 16.5. The predicted octanol–water partition coefficient (Wildman–Crippen LogP) is 4.76. The van der Waals surface area contributed by atoms with Gasteiger partial charge in [-0.2, -0.15) is 10.4 Å². The molecule has 0 N–H and O–H groups in total. The van der Waals surface area contributed by atoms with E-state index in [0.29, 0.717) is 22.4 Å². The van der Waals surface area contributed by atoms with Crippen LogP contribution in [0.3, 0.4) is 0 Å². The molecule has 0 bridgehead atoms. The number of nitriles is 1. The molecule has 2 aliphatic heterocycles. The van der Waals surface area contributed by atoms with Crippen molar-refractivity contribution in [3.63, 3.8) is 0 Å². The van der Waals surface area contributed by atoms with Crippen LogP contribution in [0.4, 0.5) is 5.69 Å². The summed E-state index contributed by atoms with van der Waals surface area (Å²) < 4.78 is 31.8. The molecule has 0 spiro atoms. The third kappa shape index (κ3) is 5.94. The number of para-hydroxylation sites is 1. The van der Waals surface area contributed by atoms with Crippen molar-refractivity contribution in [1.29, 1.82) is 5.26 Å². The lowest BCUT2D eigenvalue weighted by molar-refractivity contribution is -0.385. The van der Waals surface area contributed by atoms with Crippen LogP contribution in [-0.2, 0) is 19.4 Å². The fourth-order valence-corrected chi connectivity index (χ4v) is 7.51. The van der Waals surface area contributed by atoms with Gasteiger partial charge >= 0.3 is 5.69 Å². The van der Waals surface area contributed by atoms with Gasteiger partial charge in [-0.25, -0.2) is 13.1 Å². The van der Waals surface area contributed by atoms with Gasteiger partial charge in [0.1, 0.15) is 17.3 Å². The maximum absolute atomic E-state index is 14.3. The van der Waals surface area contributed by atoms with E-state index < -0.39 is 38.4 Å². The number of aromatic nitrogens is 2. The quantitative estimate of drug-likeness (QED) is 0.113. The SMILES string of the molecule is CCOc1ccc(-c2nn(-c3ccccc3)cc2/C=C2\C(=O)N(C3CCS(=O)(=O)C3)C(=O)C(C#N)=C2c2ccccc2)cc1[N+](=O)[O-]. The molecular weight excluding hydrogens is 622 g/mol. The number of ether oxygens (including phenoxy) is 1. The Morgan fingerprint density at radius 2 is 1.74 bits per heavy atom. The molecule has 1 atom stereocenters. The predicted molar refractivity (Wildman–Crippen MR) is 173 cm³/mol. The number of hydrogen-bond acceptors (Lipinski definition) is 9. The van der Waals surface area contributed by atoms with Gasteiger partial charge in [0, 0.05) is 29.0 Å². The highest BCUT2D eigenvalue weighted by Gasteiger charge is 2.45. The minimum absolute atomic E-state index is 0.0223. The highest BCUT2D eigenvalue weighted by Crippen LogP contribution is 2.39. The molecule has 4 aromatic rings. The molecule has 3 heterocycles. The van der Waals surface area contributed by atoms with E-state index in [0.717, 1.165) is 4.90 Å². The Morgan fingerprint density at radius 3 is 2.36 bits per heavy atom. The van der Waals surface area contributed by atoms with Crippen LogP contribution in [0.15, 0.2) is 96.2 Å². The van der Waals surface area contributed by atoms with Crippen molar-refractivity contribution < 1.29 is 27.7 Å². The summed E-state index contributed by atoms with van der Waals surface area (Å²) in [4.78, 5) is 40.4. The lowest BCUT2D eigenvalue weighted by atomic mass is 9.86. The number of nitro benzene ring substituents is 1. The zero-order chi connectivity index (χ0) is 33.3. The number of sulfone groups is 1. The number of imide groups is 1. The molecule has 6 rings (SSSR count). The fraction of sp³-hybridized carbons (Fsp3) is 0.176. The molecular formula is C34H27N5O7S. The Hall–Kier alpha value is -5.87. The molecule has 1 saturated heterocycles. The van der Waals surface area contributed by atoms with Crippen LogP contribution < -0.4 is 4.74 Å². The molecule has 1 fully saturated rings. The Balaban J connectivity index is 1.61. The molecule has 2 aliphatic rings. The first-order valence-electron chi connectivity index (χ1n) is 14.7. The summed E-state index contributed by atoms with van der Waals surface area (Å²) in [5, 5.41) is 27.0. The zero-order valence-corrected chi connectivity index (χ0v) is 25.9. The van der Waals surface area contributed by atoms with Crippen molar-refractivity contribution in [3.8, 4) is 28.8 Å². The van der Waals surface area contributed by atoms with Crippen molar-refractivity contribution in [3.05, 3.63) is 117 Å². The standard InChI is InChI=1S/C34H27N5O7S/c1-2-46-30-14-13-23(18-29(30)39(42)43)32-24(20-37(36-32)25-11-7-4-8-12-25)17-27-31(22-9-5-3-6-10-22)28(19-35)34(41)38(33(27)40)26-15-16-47(44,45)21-26/h3-14,17-18,20,26H,2,15-16,21H2,1H3/b27-17-. The molecule has 1 aromatic heterocycles. The van der Waals surface area contributed by atoms with E-state index in [4.69, 9.17) is 9.84 Å². The summed E-state index contributed by atoms with van der Waals surface area (Å²) in [5.41, 5.74) is 1.57. The van der Waals surface area contributed by atoms with E-state index in [-0.39, 0.29) is 52.6 Å². The number of carbonyl (C=O) groups is 2. The second-order valence-electron chi connectivity index (χ2n) is 10.9. The maximum atomic E-state index is 14.3. The minimum Gasteiger partial charge on any atom is -0.487 e. The van der Waals surface area contributed by atoms with E-state index in [1.165, 1.54) is 18.2 Å². The Labute approximate surface area is 269 Å². The van der Waals surface area contributed by atoms with Gasteiger partial charge in [0.25, 0.3) is 11.8 Å². The van der Waals surface area contributed by atoms with Gasteiger partial charge in [0.2, 0.25) is 0 Å². The van der Waals surface area contributed by atoms with Crippen LogP contribution in [0.25, 0.3) is 28.6 Å². The fourth-order valence-electron chi connectivity index (χ4n) is 5.81. The second kappa shape index (κ2) is 12.5. The van der Waals surface area contributed by atoms with Gasteiger partial charge in [-0.1, -0.05) is 48.5 Å². The third-order valence-corrected chi connectivity index (χ3v) is 9.69. The first-order chi connectivity index (χ1) is 22.6. The lowest BCUT2D eigenvalue weighted by Gasteiger charge is -2.32. The molecule has 13 heteroatoms. The van der Waals surface area contributed by atoms with Crippen molar-refractivity contribution in [2.75, 3.05) is 18.1 Å². The maximum Gasteiger partial charge on any atom is 0.311 e. The third-order valence-electron chi connectivity index (χ3n) is 7.94. The summed E-state index contributed by atoms with van der Waals surface area (Å²) in [6, 6.07) is 23.0. The number of benzene rings is 3. The number of carbonyl (C=O) groups excluding carboxylic acids is 2. The highest BCUT2D eigenvalue weighted by atomic mass is 32.2. The molecule has 12 nitrogen and oxygen atoms in total. The summed E-state index contributed by atoms with van der Waals surface area (Å²) in [5.74, 6) is -2.12. The van der Waals surface area contributed by atoms with Crippen LogP contribution in [0.2, 0.25) is 0 Å². The summed E-state index contributed by atoms with van der Waals surface area (Å²) in [7, 11) is -3.49. The molecule has 0 radical (unpaired) electrons. The van der Waals surface area contributed by atoms with Crippen LogP contribution in [0, 0.1) is 21.4 Å². The zero-order valence-electron chi connectivity index (χ0n) is 25.1. The van der Waals surface area contributed by atoms with Gasteiger partial charge in [-0.15, -0.1) is 0 Å². The van der Waals surface area contributed by atoms with Crippen LogP contribution in [0.1, 0.15) is 24.5 Å². The molecule has 3 aromatic carbocycles. The monoisotopic (exact) mass is 649 g/mol. The highest BCUT2D eigenvalue weighted by molar-refractivity contribution is 7.91. The molecule has 2 amide bonds. The Kier molecular flexibility index (Phi) is 8.27. The van der Waals surface area contributed by atoms with Gasteiger partial charge in [0.15, 0.2) is 15.6 Å². The van der Waals surface area contributed by atoms with Crippen LogP contribution in [0.5, 0.6) is 5.75 Å². The van der Waals surface area contributed by atoms with E-state index in [1.54, 1.807) is 54.2 Å². The van der Waals surface area contributed by atoms with Crippen LogP contribution >= 0.6 is 0 Å². The largest absolute Gasteiger partial charge is 0.487 e. The van der Waals surface area contributed by atoms with E-state index in [2.05, 4.69) is 0 Å². The van der Waals surface area contributed by atoms with Crippen molar-refractivity contribution in [2.45, 2.75) is 19.4 Å². The second-order valence-corrected chi connectivity index (χ2v) is 13.1. The van der Waals surface area contributed by atoms with Crippen molar-refractivity contribution in [1.82, 2.24) is 14.7 Å². The van der Waals surface area contributed by atoms with E-state index >= 15 is 0 Å². The van der Waals surface area contributed by atoms with Crippen molar-refractivity contribution >= 4 is 39.0 Å². The average Bonchev–Trinajstić information content (AvgIpc) is 3.66. The topological polar surface area (TPSA) is 166 Å². The number of rotatable bonds is 8. The number of nitrogens with zero attached hydrogens (tertiary/aromatic N) is 5. The van der Waals surface area contributed by atoms with E-state index in [9.17, 15) is 33.4 Å². The normalized spacial score (nSPS) is 18.4. The molecule has 47 heavy (non-hydrogen) atoms. The number of hydrogen-bond donors (Lipinski definition) is 0. The van der Waals surface area contributed by atoms with Gasteiger partial charge in [-0.05, 0) is 49.2 Å². The average molecular weight is 650 g/mol. The molecule has 236 valence electrons. The van der Waals surface area contributed by atoms with Crippen molar-refractivity contribution in [2.24, 2.45) is 0 Å². The minimum atomic E-state index is -3.49. The van der Waals surface area contributed by atoms with Crippen LogP contribution in [-0.4, -0.2) is 64.0 Å². The van der Waals surface area contributed by atoms with Gasteiger partial charge < -0.3 is 4.74 Å². The smallest absolute Gasteiger partial charge is 0.311 e. The molecule has 0 aliphatic carbocycles. The summed E-state index contributed by atoms with van der Waals surface area (Å²) in [6.45, 7) is 1.93. The summed E-state index contributed by atoms with van der Waals surface area (Å²) >= 11 is 0. The summed E-state index contributed by atoms with van der Waals surface area (Å²) in [6.07, 6.45) is 3.19. The van der Waals surface area contributed by atoms with Gasteiger partial charge in [-0.3, -0.25) is 24.6 Å². The number of nitro groups is 1. The van der Waals surface area contributed by atoms with E-state index in [1.807, 2.05) is 36.4 Å². The van der Waals surface area contributed by atoms with Gasteiger partial charge in [0.05, 0.1) is 40.3 Å². The Morgan fingerprint density at radius 1 is 1.04 bits per heavy atom. The first kappa shape index (κ1) is 31.1. The molecule has 1 unspecified atom stereocenters. The lowest BCUT2D eigenvalue weighted by Crippen LogP contribution is -2.49. The number of amides is 2.